The third-order valence-electron chi connectivity index (χ3n) is 17.3. The molecule has 0 bridgehead atoms. The minimum atomic E-state index is -0.351. The Kier molecular flexibility index (Phi) is 30.1. The van der Waals surface area contributed by atoms with E-state index in [0.717, 1.165) is 60.4 Å². The summed E-state index contributed by atoms with van der Waals surface area (Å²) in [5.41, 5.74) is 35.6. The molecule has 38 heteroatoms. The zero-order valence-corrected chi connectivity index (χ0v) is 70.2. The zero-order valence-electron chi connectivity index (χ0n) is 61.9. The Balaban J connectivity index is 0.000000179. The quantitative estimate of drug-likeness (QED) is 0.0810. The van der Waals surface area contributed by atoms with Gasteiger partial charge in [0.1, 0.15) is 67.9 Å². The van der Waals surface area contributed by atoms with Crippen LogP contribution in [-0.2, 0) is 54.6 Å². The average molecular weight is 1760 g/mol. The van der Waals surface area contributed by atoms with Crippen LogP contribution in [0, 0.1) is 23.2 Å². The number of benzene rings is 4. The molecule has 0 unspecified atom stereocenters. The Labute approximate surface area is 726 Å². The van der Waals surface area contributed by atoms with Crippen LogP contribution in [0.25, 0.3) is 123 Å². The van der Waals surface area contributed by atoms with Gasteiger partial charge in [-0.15, -0.1) is 0 Å². The second kappa shape index (κ2) is 38.6. The van der Waals surface area contributed by atoms with Gasteiger partial charge in [-0.05, 0) is 141 Å². The molecule has 12 aromatic heterocycles. The second-order valence-electron chi connectivity index (χ2n) is 25.5. The minimum absolute atomic E-state index is 0. The van der Waals surface area contributed by atoms with E-state index >= 15 is 0 Å². The molecule has 0 saturated carbocycles. The summed E-state index contributed by atoms with van der Waals surface area (Å²) in [6.07, 6.45) is 17.2. The Morgan fingerprint density at radius 2 is 0.783 bits per heavy atom. The molecule has 580 valence electrons. The Morgan fingerprint density at radius 3 is 1.15 bits per heavy atom. The molecular formula is C77H67BBrCl5CuN26NaO3. The number of nitrogens with two attached hydrogens (primary N) is 4. The smallest absolute Gasteiger partial charge is 0.870 e. The minimum Gasteiger partial charge on any atom is -0.870 e. The van der Waals surface area contributed by atoms with Gasteiger partial charge >= 0.3 is 53.7 Å². The molecule has 29 nitrogen and oxygen atoms in total. The van der Waals surface area contributed by atoms with Crippen molar-refractivity contribution in [2.75, 3.05) is 22.9 Å². The normalized spacial score (nSPS) is 12.0. The van der Waals surface area contributed by atoms with Crippen LogP contribution < -0.4 is 58.1 Å². The number of fused-ring (bicyclic) bond motifs is 4. The number of nitriles is 1. The molecule has 17 rings (SSSR count). The van der Waals surface area contributed by atoms with Gasteiger partial charge in [-0.25, -0.2) is 34.9 Å². The number of aryl methyl sites for hydroxylation is 4. The zero-order chi connectivity index (χ0) is 79.2. The van der Waals surface area contributed by atoms with Crippen LogP contribution in [0.2, 0.25) is 25.2 Å². The van der Waals surface area contributed by atoms with Gasteiger partial charge in [-0.3, -0.25) is 43.6 Å². The molecule has 1 fully saturated rings. The van der Waals surface area contributed by atoms with Gasteiger partial charge in [0, 0.05) is 122 Å². The summed E-state index contributed by atoms with van der Waals surface area (Å²) in [7, 11) is 7.03. The summed E-state index contributed by atoms with van der Waals surface area (Å²) in [6, 6.07) is 39.6. The number of aromatic nitrogens is 20. The maximum absolute atomic E-state index is 9.29. The first-order chi connectivity index (χ1) is 53.2. The molecule has 0 spiro atoms. The number of nitrogen functional groups attached to an aromatic ring is 4. The van der Waals surface area contributed by atoms with Crippen LogP contribution in [0.1, 0.15) is 40.8 Å². The van der Waals surface area contributed by atoms with Crippen molar-refractivity contribution in [3.63, 3.8) is 0 Å². The molecule has 16 aromatic rings. The molecular weight excluding hydrogens is 1690 g/mol. The van der Waals surface area contributed by atoms with Gasteiger partial charge < -0.3 is 49.6 Å². The van der Waals surface area contributed by atoms with Crippen LogP contribution in [0.5, 0.6) is 0 Å². The van der Waals surface area contributed by atoms with E-state index in [9.17, 15) is 5.26 Å². The van der Waals surface area contributed by atoms with E-state index in [1.54, 1.807) is 61.8 Å². The third kappa shape index (κ3) is 20.3. The van der Waals surface area contributed by atoms with Gasteiger partial charge in [0.2, 0.25) is 0 Å². The number of hydrogen-bond donors (Lipinski definition) is 4. The second-order valence-corrected chi connectivity index (χ2v) is 28.3. The summed E-state index contributed by atoms with van der Waals surface area (Å²) in [6.45, 7) is 12.9. The summed E-state index contributed by atoms with van der Waals surface area (Å²) in [5.74, 6) is 0.985. The van der Waals surface area contributed by atoms with Crippen molar-refractivity contribution < 1.29 is 61.4 Å². The van der Waals surface area contributed by atoms with Crippen molar-refractivity contribution in [1.82, 2.24) is 98.9 Å². The van der Waals surface area contributed by atoms with Crippen molar-refractivity contribution in [3.05, 3.63) is 225 Å². The fourth-order valence-corrected chi connectivity index (χ4v) is 13.0. The molecule has 9 N–H and O–H groups in total. The molecule has 4 aromatic carbocycles. The van der Waals surface area contributed by atoms with Crippen LogP contribution in [0.3, 0.4) is 0 Å². The van der Waals surface area contributed by atoms with Crippen molar-refractivity contribution in [2.24, 2.45) is 28.2 Å². The van der Waals surface area contributed by atoms with Crippen LogP contribution >= 0.6 is 73.9 Å². The SMILES string of the molecule is C.Cn1ccc(-c2nc(N)c(Br)nc2-c2cc(Cl)c3ncccc3c2)n1.Cn1ccc(-c2nc(N)c(C#N)nc2-c2cc(Cl)c3ncccc3c2)n1.Cn1ccc(-c2nc(N)cnc2-c2cc(Cl)c3ncccc3c2)n1.Cn1ccc(B2OC(C)(C)C(C)(C)O2)n1.Nc1cnc(-c2cc(Cl)c3ncccc3c2)c(Cl)n1.[C-]#N.[Cu+].[Na+].[OH-]. The van der Waals surface area contributed by atoms with E-state index in [-0.39, 0.29) is 100 Å². The van der Waals surface area contributed by atoms with E-state index in [4.69, 9.17) is 102 Å². The van der Waals surface area contributed by atoms with Crippen molar-refractivity contribution in [1.29, 1.82) is 10.5 Å². The predicted molar refractivity (Wildman–Crippen MR) is 445 cm³/mol. The summed E-state index contributed by atoms with van der Waals surface area (Å²) in [5, 5.41) is 39.1. The summed E-state index contributed by atoms with van der Waals surface area (Å²) < 4.78 is 19.0. The topological polar surface area (TPSA) is 426 Å². The Hall–Kier alpha value is -10.7. The summed E-state index contributed by atoms with van der Waals surface area (Å²) in [4.78, 5) is 52.1. The Morgan fingerprint density at radius 1 is 0.443 bits per heavy atom. The molecule has 13 heterocycles. The first-order valence-corrected chi connectivity index (χ1v) is 35.9. The molecule has 0 atom stereocenters. The Bertz CT molecular complexity index is 6250. The van der Waals surface area contributed by atoms with Gasteiger partial charge in [-0.2, -0.15) is 25.7 Å². The monoisotopic (exact) mass is 1750 g/mol. The third-order valence-corrected chi connectivity index (χ3v) is 19.3. The van der Waals surface area contributed by atoms with E-state index in [1.807, 2.05) is 190 Å². The van der Waals surface area contributed by atoms with Crippen LogP contribution in [0.15, 0.2) is 188 Å². The average Bonchev–Trinajstić information content (AvgIpc) is 1.69. The van der Waals surface area contributed by atoms with E-state index in [2.05, 4.69) is 96.1 Å². The first-order valence-electron chi connectivity index (χ1n) is 33.2. The van der Waals surface area contributed by atoms with E-state index < -0.39 is 0 Å². The fourth-order valence-electron chi connectivity index (χ4n) is 11.4. The van der Waals surface area contributed by atoms with E-state index in [0.29, 0.717) is 104 Å². The van der Waals surface area contributed by atoms with Gasteiger partial charge in [0.15, 0.2) is 22.5 Å². The van der Waals surface area contributed by atoms with Crippen molar-refractivity contribution in [3.8, 4) is 85.3 Å². The van der Waals surface area contributed by atoms with Crippen molar-refractivity contribution in [2.45, 2.75) is 46.3 Å². The molecule has 1 aliphatic rings. The number of rotatable bonds is 8. The van der Waals surface area contributed by atoms with Gasteiger partial charge in [0.05, 0.1) is 82.7 Å². The summed E-state index contributed by atoms with van der Waals surface area (Å²) >= 11 is 34.8. The maximum Gasteiger partial charge on any atom is 1.00 e. The molecule has 1 aliphatic heterocycles. The van der Waals surface area contributed by atoms with Gasteiger partial charge in [0.25, 0.3) is 0 Å². The fraction of sp³-hybridized carbons (Fsp3) is 0.143. The van der Waals surface area contributed by atoms with Crippen molar-refractivity contribution >= 4 is 154 Å². The molecule has 0 radical (unpaired) electrons. The number of pyridine rings is 4. The molecule has 0 amide bonds. The first kappa shape index (κ1) is 89.8. The number of nitrogens with zero attached hydrogens (tertiary/aromatic N) is 22. The molecule has 115 heavy (non-hydrogen) atoms. The predicted octanol–water partition coefficient (Wildman–Crippen LogP) is 12.5. The number of hydrogen-bond acceptors (Lipinski definition) is 25. The number of halogens is 6. The standard InChI is InChI=1S/C18H12ClN7.C17H12BrClN6.C17H13ClN6.C13H8Cl2N4.C10H17BN2O2.CN.CH4.Cu.Na.H2O/c1-26-6-4-13(25-26)17-16(23-14(9-20)18(21)24-17)11-7-10-3-2-5-22-15(10)12(19)8-11;1-25-6-4-12(24-25)15-14(22-16(18)17(20)23-15)10-7-9-3-2-5-21-13(9)11(19)8-10;1-24-6-4-13(23-24)17-16(21-9-14(19)22-17)11-7-10-3-2-5-20-15(10)12(18)8-11;14-9-5-8(4-7-2-1-3-17-11(7)9)12-13(15)19-10(16)6-18-12;1-9(2)10(3,4)15-11(14-9)8-6-7-13(5)12-8;1-2;;;;/h2-8H,1H3,(H2,21,24);2-8H,1H3,(H2,20,23);2-9H,1H3,(H2,19,22);1-6H,(H2,16,19);6-7H,1-5H3;;1H4;;;1H2/q;;;;;-1;;2*+1;/p-1. The maximum atomic E-state index is 9.29. The number of anilines is 4. The van der Waals surface area contributed by atoms with Gasteiger partial charge in [-0.1, -0.05) is 89.7 Å². The largest absolute Gasteiger partial charge is 1.00 e. The van der Waals surface area contributed by atoms with Crippen LogP contribution in [-0.4, -0.2) is 123 Å². The molecule has 1 saturated heterocycles. The van der Waals surface area contributed by atoms with E-state index in [1.165, 1.54) is 12.4 Å². The van der Waals surface area contributed by atoms with Crippen LogP contribution in [0.4, 0.5) is 23.3 Å². The molecule has 0 aliphatic carbocycles.